The van der Waals surface area contributed by atoms with Crippen LogP contribution in [0.5, 0.6) is 11.5 Å². The van der Waals surface area contributed by atoms with Gasteiger partial charge in [-0.1, -0.05) is 117 Å². The first-order chi connectivity index (χ1) is 16.1. The summed E-state index contributed by atoms with van der Waals surface area (Å²) in [6.45, 7) is 5.41. The Labute approximate surface area is 258 Å². The molecule has 35 heavy (non-hydrogen) atoms. The summed E-state index contributed by atoms with van der Waals surface area (Å²) in [6, 6.07) is 2.91. The average molecular weight is 537 g/mol. The Bertz CT molecular complexity index is 793. The van der Waals surface area contributed by atoms with Crippen molar-refractivity contribution in [1.82, 2.24) is 0 Å². The first-order valence-corrected chi connectivity index (χ1v) is 15.1. The van der Waals surface area contributed by atoms with E-state index in [1.807, 2.05) is 0 Å². The summed E-state index contributed by atoms with van der Waals surface area (Å²) in [6.07, 6.45) is 21.5. The molecule has 0 unspecified atom stereocenters. The summed E-state index contributed by atoms with van der Waals surface area (Å²) in [5.74, 6) is -0.658. The largest absolute Gasteiger partial charge is 1.00 e. The molecule has 0 radical (unpaired) electrons. The standard InChI is InChI=1S/C28H50O5S.K/c1-4-5-6-7-8-9-10-11-12-13-14-15-16-17-18-19-20-24-21-27(30)25(22-26(24)29)28(2,3)23-34(31,32)33;/h21-22,29-30H,4-20,23H2,1-3H3,(H,31,32,33);/q;+1/p-1. The molecule has 0 saturated heterocycles. The summed E-state index contributed by atoms with van der Waals surface area (Å²) < 4.78 is 33.5. The van der Waals surface area contributed by atoms with Crippen LogP contribution in [0.15, 0.2) is 12.1 Å². The summed E-state index contributed by atoms with van der Waals surface area (Å²) in [5, 5.41) is 20.7. The van der Waals surface area contributed by atoms with Gasteiger partial charge in [0.05, 0.1) is 10.1 Å². The van der Waals surface area contributed by atoms with Crippen LogP contribution < -0.4 is 51.4 Å². The molecule has 0 atom stereocenters. The minimum Gasteiger partial charge on any atom is -0.748 e. The molecule has 0 aliphatic rings. The van der Waals surface area contributed by atoms with Crippen LogP contribution in [0.1, 0.15) is 135 Å². The van der Waals surface area contributed by atoms with Gasteiger partial charge in [0.1, 0.15) is 11.5 Å². The molecule has 1 rings (SSSR count). The van der Waals surface area contributed by atoms with E-state index in [-0.39, 0.29) is 68.4 Å². The number of hydrogen-bond donors (Lipinski definition) is 2. The van der Waals surface area contributed by atoms with E-state index in [2.05, 4.69) is 6.92 Å². The third-order valence-electron chi connectivity index (χ3n) is 6.76. The summed E-state index contributed by atoms with van der Waals surface area (Å²) in [5.41, 5.74) is -0.137. The molecule has 2 N–H and O–H groups in total. The molecule has 0 aromatic heterocycles. The van der Waals surface area contributed by atoms with Crippen LogP contribution in [-0.2, 0) is 22.0 Å². The Morgan fingerprint density at radius 1 is 0.714 bits per heavy atom. The maximum atomic E-state index is 11.2. The molecular formula is C28H49KO5S. The molecule has 1 aromatic rings. The number of rotatable bonds is 20. The molecule has 198 valence electrons. The average Bonchev–Trinajstić information content (AvgIpc) is 2.73. The van der Waals surface area contributed by atoms with Crippen LogP contribution in [0.2, 0.25) is 0 Å². The van der Waals surface area contributed by atoms with Gasteiger partial charge in [-0.3, -0.25) is 0 Å². The molecule has 0 heterocycles. The fourth-order valence-corrected chi connectivity index (χ4v) is 5.79. The second-order valence-corrected chi connectivity index (χ2v) is 12.0. The molecule has 7 heteroatoms. The SMILES string of the molecule is CCCCCCCCCCCCCCCCCCc1cc(O)c(C(C)(C)CS(=O)(=O)[O-])cc1O.[K+]. The van der Waals surface area contributed by atoms with Gasteiger partial charge in [-0.15, -0.1) is 0 Å². The first kappa shape index (κ1) is 35.4. The number of aromatic hydroxyl groups is 2. The van der Waals surface area contributed by atoms with Crippen molar-refractivity contribution in [1.29, 1.82) is 0 Å². The molecule has 0 aliphatic heterocycles. The van der Waals surface area contributed by atoms with E-state index >= 15 is 0 Å². The van der Waals surface area contributed by atoms with Crippen LogP contribution in [-0.4, -0.2) is 28.9 Å². The number of unbranched alkanes of at least 4 members (excludes halogenated alkanes) is 15. The van der Waals surface area contributed by atoms with Gasteiger partial charge in [0, 0.05) is 16.7 Å². The van der Waals surface area contributed by atoms with Crippen molar-refractivity contribution >= 4 is 10.1 Å². The summed E-state index contributed by atoms with van der Waals surface area (Å²) >= 11 is 0. The molecule has 5 nitrogen and oxygen atoms in total. The zero-order chi connectivity index (χ0) is 25.5. The second kappa shape index (κ2) is 19.4. The first-order valence-electron chi connectivity index (χ1n) is 13.6. The smallest absolute Gasteiger partial charge is 0.748 e. The van der Waals surface area contributed by atoms with Crippen molar-refractivity contribution in [2.45, 2.75) is 135 Å². The van der Waals surface area contributed by atoms with Crippen molar-refractivity contribution < 1.29 is 74.6 Å². The van der Waals surface area contributed by atoms with Gasteiger partial charge >= 0.3 is 51.4 Å². The van der Waals surface area contributed by atoms with E-state index in [0.717, 1.165) is 12.8 Å². The number of benzene rings is 1. The number of phenols is 2. The molecule has 0 saturated carbocycles. The third-order valence-corrected chi connectivity index (χ3v) is 7.84. The quantitative estimate of drug-likeness (QED) is 0.109. The molecule has 0 bridgehead atoms. The minimum atomic E-state index is -4.45. The van der Waals surface area contributed by atoms with Crippen LogP contribution in [0, 0.1) is 0 Å². The van der Waals surface area contributed by atoms with Crippen LogP contribution in [0.4, 0.5) is 0 Å². The van der Waals surface area contributed by atoms with Crippen molar-refractivity contribution in [2.24, 2.45) is 0 Å². The zero-order valence-electron chi connectivity index (χ0n) is 22.9. The summed E-state index contributed by atoms with van der Waals surface area (Å²) in [7, 11) is -4.45. The molecule has 0 fully saturated rings. The Balaban J connectivity index is 0.0000116. The Morgan fingerprint density at radius 2 is 1.11 bits per heavy atom. The minimum absolute atomic E-state index is 0. The number of phenolic OH excluding ortho intramolecular Hbond substituents is 2. The van der Waals surface area contributed by atoms with E-state index in [0.29, 0.717) is 12.0 Å². The van der Waals surface area contributed by atoms with Gasteiger partial charge in [-0.25, -0.2) is 8.42 Å². The van der Waals surface area contributed by atoms with E-state index in [1.165, 1.54) is 102 Å². The monoisotopic (exact) mass is 536 g/mol. The Hall–Kier alpha value is 0.366. The fourth-order valence-electron chi connectivity index (χ4n) is 4.75. The molecule has 1 aromatic carbocycles. The normalized spacial score (nSPS) is 12.0. The van der Waals surface area contributed by atoms with E-state index in [1.54, 1.807) is 13.8 Å². The van der Waals surface area contributed by atoms with Gasteiger partial charge in [0.2, 0.25) is 0 Å². The van der Waals surface area contributed by atoms with Crippen LogP contribution >= 0.6 is 0 Å². The third kappa shape index (κ3) is 16.7. The van der Waals surface area contributed by atoms with Crippen molar-refractivity contribution in [3.05, 3.63) is 23.3 Å². The molecule has 0 amide bonds. The van der Waals surface area contributed by atoms with Crippen molar-refractivity contribution in [3.8, 4) is 11.5 Å². The molecule has 0 aliphatic carbocycles. The number of aryl methyl sites for hydroxylation is 1. The Morgan fingerprint density at radius 3 is 1.51 bits per heavy atom. The predicted octanol–water partition coefficient (Wildman–Crippen LogP) is 4.73. The maximum Gasteiger partial charge on any atom is 1.00 e. The van der Waals surface area contributed by atoms with Crippen molar-refractivity contribution in [3.63, 3.8) is 0 Å². The van der Waals surface area contributed by atoms with Crippen LogP contribution in [0.3, 0.4) is 0 Å². The Kier molecular flexibility index (Phi) is 19.6. The van der Waals surface area contributed by atoms with Gasteiger partial charge in [-0.2, -0.15) is 0 Å². The second-order valence-electron chi connectivity index (χ2n) is 10.6. The summed E-state index contributed by atoms with van der Waals surface area (Å²) in [4.78, 5) is 0. The number of hydrogen-bond acceptors (Lipinski definition) is 5. The van der Waals surface area contributed by atoms with Crippen molar-refractivity contribution in [2.75, 3.05) is 5.75 Å². The molecule has 0 spiro atoms. The maximum absolute atomic E-state index is 11.2. The van der Waals surface area contributed by atoms with E-state index in [9.17, 15) is 23.2 Å². The molecular weight excluding hydrogens is 487 g/mol. The van der Waals surface area contributed by atoms with Gasteiger partial charge in [0.25, 0.3) is 0 Å². The van der Waals surface area contributed by atoms with Gasteiger partial charge < -0.3 is 14.8 Å². The van der Waals surface area contributed by atoms with E-state index < -0.39 is 21.3 Å². The zero-order valence-corrected chi connectivity index (χ0v) is 26.8. The fraction of sp³-hybridized carbons (Fsp3) is 0.786. The van der Waals surface area contributed by atoms with Gasteiger partial charge in [0.15, 0.2) is 0 Å². The topological polar surface area (TPSA) is 97.7 Å². The van der Waals surface area contributed by atoms with Gasteiger partial charge in [-0.05, 0) is 30.5 Å². The van der Waals surface area contributed by atoms with E-state index in [4.69, 9.17) is 0 Å². The predicted molar refractivity (Wildman–Crippen MR) is 141 cm³/mol. The van der Waals surface area contributed by atoms with Crippen LogP contribution in [0.25, 0.3) is 0 Å².